The van der Waals surface area contributed by atoms with Crippen molar-refractivity contribution in [1.29, 1.82) is 0 Å². The number of para-hydroxylation sites is 1. The molecule has 1 aliphatic carbocycles. The number of ether oxygens (including phenoxy) is 3. The van der Waals surface area contributed by atoms with E-state index >= 15 is 0 Å². The number of hydrogen-bond acceptors (Lipinski definition) is 5. The van der Waals surface area contributed by atoms with Gasteiger partial charge in [0.1, 0.15) is 6.10 Å². The molecular formula is C24H36N2O4. The highest BCUT2D eigenvalue weighted by Gasteiger charge is 2.28. The number of carbonyl (C=O) groups excluding carboxylic acids is 1. The number of piperidine rings is 1. The summed E-state index contributed by atoms with van der Waals surface area (Å²) in [5.41, 5.74) is 1.33. The van der Waals surface area contributed by atoms with E-state index in [-0.39, 0.29) is 12.0 Å². The van der Waals surface area contributed by atoms with Crippen LogP contribution >= 0.6 is 0 Å². The maximum atomic E-state index is 12.0. The second kappa shape index (κ2) is 10.0. The lowest BCUT2D eigenvalue weighted by molar-refractivity contribution is -0.131. The molecule has 6 heteroatoms. The van der Waals surface area contributed by atoms with E-state index in [2.05, 4.69) is 22.3 Å². The van der Waals surface area contributed by atoms with Gasteiger partial charge in [0.15, 0.2) is 11.5 Å². The Labute approximate surface area is 180 Å². The van der Waals surface area contributed by atoms with Crippen molar-refractivity contribution in [2.24, 2.45) is 5.92 Å². The number of likely N-dealkylation sites (tertiary alicyclic amines) is 1. The predicted molar refractivity (Wildman–Crippen MR) is 116 cm³/mol. The van der Waals surface area contributed by atoms with Gasteiger partial charge in [-0.05, 0) is 89.4 Å². The van der Waals surface area contributed by atoms with Gasteiger partial charge in [0.05, 0.1) is 0 Å². The zero-order chi connectivity index (χ0) is 20.9. The lowest BCUT2D eigenvalue weighted by Gasteiger charge is -2.35. The molecule has 6 nitrogen and oxygen atoms in total. The Morgan fingerprint density at radius 3 is 2.67 bits per heavy atom. The highest BCUT2D eigenvalue weighted by atomic mass is 16.7. The van der Waals surface area contributed by atoms with Crippen LogP contribution in [-0.2, 0) is 9.53 Å². The standard InChI is InChI=1S/C24H36N2O4/c1-17(28-2)24(27)25-20-8-6-18(7-9-20)10-13-26-14-11-19(12-15-26)21-4-3-5-22-23(21)30-16-29-22/h3-5,17-20H,6-16H2,1-2H3,(H,25,27)/t17-,18-,20-/m0/s1. The highest BCUT2D eigenvalue weighted by molar-refractivity contribution is 5.80. The Hall–Kier alpha value is -1.79. The molecule has 1 saturated heterocycles. The maximum Gasteiger partial charge on any atom is 0.249 e. The molecule has 0 spiro atoms. The quantitative estimate of drug-likeness (QED) is 0.735. The summed E-state index contributed by atoms with van der Waals surface area (Å²) < 4.78 is 16.4. The van der Waals surface area contributed by atoms with E-state index in [4.69, 9.17) is 14.2 Å². The van der Waals surface area contributed by atoms with Gasteiger partial charge in [0.25, 0.3) is 0 Å². The Morgan fingerprint density at radius 2 is 1.93 bits per heavy atom. The van der Waals surface area contributed by atoms with E-state index in [0.29, 0.717) is 18.8 Å². The third kappa shape index (κ3) is 5.09. The Morgan fingerprint density at radius 1 is 1.17 bits per heavy atom. The van der Waals surface area contributed by atoms with Gasteiger partial charge < -0.3 is 24.4 Å². The summed E-state index contributed by atoms with van der Waals surface area (Å²) in [4.78, 5) is 14.6. The monoisotopic (exact) mass is 416 g/mol. The van der Waals surface area contributed by atoms with Crippen molar-refractivity contribution in [3.8, 4) is 11.5 Å². The molecule has 2 fully saturated rings. The van der Waals surface area contributed by atoms with Crippen LogP contribution < -0.4 is 14.8 Å². The smallest absolute Gasteiger partial charge is 0.249 e. The van der Waals surface area contributed by atoms with Crippen LogP contribution in [-0.4, -0.2) is 56.5 Å². The van der Waals surface area contributed by atoms with Crippen LogP contribution in [0.4, 0.5) is 0 Å². The van der Waals surface area contributed by atoms with Crippen LogP contribution in [0.2, 0.25) is 0 Å². The number of nitrogens with one attached hydrogen (secondary N) is 1. The lowest BCUT2D eigenvalue weighted by atomic mass is 9.83. The van der Waals surface area contributed by atoms with Crippen molar-refractivity contribution in [1.82, 2.24) is 10.2 Å². The minimum absolute atomic E-state index is 0.0184. The molecule has 166 valence electrons. The van der Waals surface area contributed by atoms with Crippen molar-refractivity contribution in [2.45, 2.75) is 69.9 Å². The topological polar surface area (TPSA) is 60.0 Å². The molecule has 1 N–H and O–H groups in total. The summed E-state index contributed by atoms with van der Waals surface area (Å²) in [5, 5.41) is 3.14. The summed E-state index contributed by atoms with van der Waals surface area (Å²) in [6.07, 6.45) is 7.92. The molecule has 3 aliphatic rings. The molecule has 0 bridgehead atoms. The van der Waals surface area contributed by atoms with Crippen molar-refractivity contribution in [2.75, 3.05) is 33.5 Å². The van der Waals surface area contributed by atoms with Crippen LogP contribution in [0.1, 0.15) is 63.4 Å². The van der Waals surface area contributed by atoms with E-state index in [9.17, 15) is 4.79 Å². The average molecular weight is 417 g/mol. The fourth-order valence-corrected chi connectivity index (χ4v) is 5.13. The fourth-order valence-electron chi connectivity index (χ4n) is 5.13. The summed E-state index contributed by atoms with van der Waals surface area (Å²) >= 11 is 0. The molecular weight excluding hydrogens is 380 g/mol. The first-order valence-electron chi connectivity index (χ1n) is 11.6. The number of fused-ring (bicyclic) bond motifs is 1. The molecule has 1 amide bonds. The van der Waals surface area contributed by atoms with Crippen LogP contribution in [0.5, 0.6) is 11.5 Å². The first kappa shape index (κ1) is 21.4. The largest absolute Gasteiger partial charge is 0.454 e. The SMILES string of the molecule is CO[C@@H](C)C(=O)N[C@H]1CC[C@H](CCN2CCC(c3cccc4c3OCO4)CC2)CC1. The molecule has 0 aromatic heterocycles. The van der Waals surface area contributed by atoms with Gasteiger partial charge in [0, 0.05) is 18.7 Å². The molecule has 2 heterocycles. The summed E-state index contributed by atoms with van der Waals surface area (Å²) in [5.74, 6) is 3.26. The summed E-state index contributed by atoms with van der Waals surface area (Å²) in [6.45, 7) is 5.67. The van der Waals surface area contributed by atoms with E-state index in [0.717, 1.165) is 43.3 Å². The van der Waals surface area contributed by atoms with Crippen LogP contribution in [0, 0.1) is 5.92 Å². The number of benzene rings is 1. The van der Waals surface area contributed by atoms with Gasteiger partial charge in [-0.15, -0.1) is 0 Å². The van der Waals surface area contributed by atoms with Gasteiger partial charge in [-0.1, -0.05) is 12.1 Å². The molecule has 1 aromatic carbocycles. The second-order valence-corrected chi connectivity index (χ2v) is 9.09. The molecule has 1 aromatic rings. The first-order valence-corrected chi connectivity index (χ1v) is 11.6. The van der Waals surface area contributed by atoms with E-state index in [1.54, 1.807) is 14.0 Å². The highest BCUT2D eigenvalue weighted by Crippen LogP contribution is 2.42. The number of methoxy groups -OCH3 is 1. The van der Waals surface area contributed by atoms with Gasteiger partial charge in [-0.2, -0.15) is 0 Å². The number of hydrogen-bond donors (Lipinski definition) is 1. The van der Waals surface area contributed by atoms with Crippen molar-refractivity contribution >= 4 is 5.91 Å². The maximum absolute atomic E-state index is 12.0. The molecule has 2 aliphatic heterocycles. The van der Waals surface area contributed by atoms with E-state index < -0.39 is 0 Å². The second-order valence-electron chi connectivity index (χ2n) is 9.09. The van der Waals surface area contributed by atoms with Crippen LogP contribution in [0.3, 0.4) is 0 Å². The lowest BCUT2D eigenvalue weighted by Crippen LogP contribution is -2.43. The number of carbonyl (C=O) groups is 1. The van der Waals surface area contributed by atoms with Gasteiger partial charge in [-0.3, -0.25) is 4.79 Å². The van der Waals surface area contributed by atoms with Crippen molar-refractivity contribution < 1.29 is 19.0 Å². The number of rotatable bonds is 7. The zero-order valence-electron chi connectivity index (χ0n) is 18.4. The minimum atomic E-state index is -0.360. The third-order valence-electron chi connectivity index (χ3n) is 7.22. The number of nitrogens with zero attached hydrogens (tertiary/aromatic N) is 1. The summed E-state index contributed by atoms with van der Waals surface area (Å²) in [7, 11) is 1.58. The molecule has 0 unspecified atom stereocenters. The molecule has 1 atom stereocenters. The first-order chi connectivity index (χ1) is 14.6. The Balaban J connectivity index is 1.16. The van der Waals surface area contributed by atoms with Gasteiger partial charge in [-0.25, -0.2) is 0 Å². The van der Waals surface area contributed by atoms with E-state index in [1.807, 2.05) is 6.07 Å². The fraction of sp³-hybridized carbons (Fsp3) is 0.708. The molecule has 0 radical (unpaired) electrons. The minimum Gasteiger partial charge on any atom is -0.454 e. The average Bonchev–Trinajstić information content (AvgIpc) is 3.27. The third-order valence-corrected chi connectivity index (χ3v) is 7.22. The van der Waals surface area contributed by atoms with Crippen LogP contribution in [0.15, 0.2) is 18.2 Å². The number of amides is 1. The predicted octanol–water partition coefficient (Wildman–Crippen LogP) is 3.69. The molecule has 30 heavy (non-hydrogen) atoms. The molecule has 1 saturated carbocycles. The van der Waals surface area contributed by atoms with Crippen molar-refractivity contribution in [3.05, 3.63) is 23.8 Å². The normalized spacial score (nSPS) is 25.8. The van der Waals surface area contributed by atoms with E-state index in [1.165, 1.54) is 44.2 Å². The summed E-state index contributed by atoms with van der Waals surface area (Å²) in [6, 6.07) is 6.61. The van der Waals surface area contributed by atoms with Gasteiger partial charge >= 0.3 is 0 Å². The molecule has 4 rings (SSSR count). The van der Waals surface area contributed by atoms with Crippen molar-refractivity contribution in [3.63, 3.8) is 0 Å². The van der Waals surface area contributed by atoms with Crippen LogP contribution in [0.25, 0.3) is 0 Å². The Kier molecular flexibility index (Phi) is 7.16. The van der Waals surface area contributed by atoms with Gasteiger partial charge in [0.2, 0.25) is 12.7 Å². The zero-order valence-corrected chi connectivity index (χ0v) is 18.4. The Bertz CT molecular complexity index is 709.